The van der Waals surface area contributed by atoms with Gasteiger partial charge in [-0.15, -0.1) is 0 Å². The lowest BCUT2D eigenvalue weighted by molar-refractivity contribution is 0.189. The number of aromatic nitrogens is 2. The van der Waals surface area contributed by atoms with Crippen molar-refractivity contribution in [1.29, 1.82) is 0 Å². The Morgan fingerprint density at radius 1 is 0.818 bits per heavy atom. The van der Waals surface area contributed by atoms with Crippen LogP contribution < -0.4 is 9.80 Å². The molecule has 0 atom stereocenters. The summed E-state index contributed by atoms with van der Waals surface area (Å²) in [5.74, 6) is 2.00. The number of hydrogen-bond donors (Lipinski definition) is 1. The zero-order valence-electron chi connectivity index (χ0n) is 20.0. The van der Waals surface area contributed by atoms with Gasteiger partial charge < -0.3 is 19.8 Å². The second-order valence-corrected chi connectivity index (χ2v) is 9.67. The number of nitrogens with zero attached hydrogens (tertiary/aromatic N) is 6. The molecule has 178 valence electrons. The van der Waals surface area contributed by atoms with E-state index in [4.69, 9.17) is 15.1 Å². The van der Waals surface area contributed by atoms with Gasteiger partial charge in [0.1, 0.15) is 5.82 Å². The number of hydrogen-bond acceptors (Lipinski definition) is 7. The van der Waals surface area contributed by atoms with E-state index in [2.05, 4.69) is 50.8 Å². The number of benzene rings is 1. The molecule has 1 N–H and O–H groups in total. The van der Waals surface area contributed by atoms with E-state index in [1.807, 2.05) is 0 Å². The second-order valence-electron chi connectivity index (χ2n) is 9.67. The van der Waals surface area contributed by atoms with Crippen LogP contribution in [0, 0.1) is 6.92 Å². The van der Waals surface area contributed by atoms with Gasteiger partial charge in [0.05, 0.1) is 6.61 Å². The molecule has 0 saturated carbocycles. The number of rotatable bonds is 8. The average Bonchev–Trinajstić information content (AvgIpc) is 3.51. The van der Waals surface area contributed by atoms with E-state index < -0.39 is 0 Å². The lowest BCUT2D eigenvalue weighted by Crippen LogP contribution is -2.47. The molecule has 1 aromatic heterocycles. The van der Waals surface area contributed by atoms with Crippen LogP contribution in [0.5, 0.6) is 0 Å². The Bertz CT molecular complexity index is 919. The van der Waals surface area contributed by atoms with Crippen LogP contribution in [0.4, 0.5) is 11.5 Å². The second kappa shape index (κ2) is 10.4. The van der Waals surface area contributed by atoms with Gasteiger partial charge in [-0.05, 0) is 76.5 Å². The predicted molar refractivity (Wildman–Crippen MR) is 134 cm³/mol. The number of likely N-dealkylation sites (tertiary alicyclic amines) is 1. The molecule has 0 unspecified atom stereocenters. The Hall–Kier alpha value is -2.22. The quantitative estimate of drug-likeness (QED) is 0.663. The molecule has 2 saturated heterocycles. The summed E-state index contributed by atoms with van der Waals surface area (Å²) < 4.78 is 0. The molecule has 7 heteroatoms. The highest BCUT2D eigenvalue weighted by atomic mass is 16.3. The monoisotopic (exact) mass is 450 g/mol. The Balaban J connectivity index is 1.24. The largest absolute Gasteiger partial charge is 0.395 e. The first-order valence-electron chi connectivity index (χ1n) is 12.7. The number of β-amino-alcohol motifs (C(OH)–C–C–N with tert-alkyl or cyclic N) is 1. The molecule has 0 aliphatic carbocycles. The van der Waals surface area contributed by atoms with Crippen LogP contribution in [0.2, 0.25) is 0 Å². The van der Waals surface area contributed by atoms with Gasteiger partial charge in [-0.25, -0.2) is 9.97 Å². The van der Waals surface area contributed by atoms with Gasteiger partial charge in [-0.2, -0.15) is 0 Å². The fourth-order valence-electron chi connectivity index (χ4n) is 5.52. The van der Waals surface area contributed by atoms with Crippen molar-refractivity contribution >= 4 is 11.5 Å². The van der Waals surface area contributed by atoms with E-state index >= 15 is 0 Å². The zero-order chi connectivity index (χ0) is 22.6. The average molecular weight is 451 g/mol. The summed E-state index contributed by atoms with van der Waals surface area (Å²) >= 11 is 0. The van der Waals surface area contributed by atoms with Gasteiger partial charge in [0.2, 0.25) is 0 Å². The molecule has 0 amide bonds. The van der Waals surface area contributed by atoms with Crippen molar-refractivity contribution in [2.75, 3.05) is 81.9 Å². The fourth-order valence-corrected chi connectivity index (χ4v) is 5.52. The van der Waals surface area contributed by atoms with Crippen molar-refractivity contribution in [2.24, 2.45) is 0 Å². The first kappa shape index (κ1) is 22.6. The van der Waals surface area contributed by atoms with Gasteiger partial charge >= 0.3 is 0 Å². The number of fused-ring (bicyclic) bond motifs is 1. The van der Waals surface area contributed by atoms with Crippen molar-refractivity contribution < 1.29 is 5.11 Å². The lowest BCUT2D eigenvalue weighted by Gasteiger charge is -2.35. The minimum atomic E-state index is 0.241. The summed E-state index contributed by atoms with van der Waals surface area (Å²) in [6.07, 6.45) is 4.99. The van der Waals surface area contributed by atoms with Crippen molar-refractivity contribution in [2.45, 2.75) is 32.6 Å². The molecule has 33 heavy (non-hydrogen) atoms. The molecule has 0 radical (unpaired) electrons. The molecule has 7 nitrogen and oxygen atoms in total. The third-order valence-corrected chi connectivity index (χ3v) is 7.50. The number of piperazine rings is 1. The van der Waals surface area contributed by atoms with E-state index in [-0.39, 0.29) is 6.61 Å². The highest BCUT2D eigenvalue weighted by molar-refractivity contribution is 5.65. The standard InChI is InChI=1S/C26H38N6O/c1-21-24-9-14-32(13-4-12-29-10-2-3-11-29)26(24)28-25(27-21)22-5-7-23(8-6-22)31-17-15-30(16-18-31)19-20-33/h5-8,33H,2-4,9-20H2,1H3. The number of anilines is 2. The highest BCUT2D eigenvalue weighted by Gasteiger charge is 2.25. The van der Waals surface area contributed by atoms with Crippen molar-refractivity contribution in [1.82, 2.24) is 19.8 Å². The van der Waals surface area contributed by atoms with E-state index in [0.29, 0.717) is 0 Å². The molecular formula is C26H38N6O. The van der Waals surface area contributed by atoms with Crippen LogP contribution in [0.1, 0.15) is 30.5 Å². The normalized spacial score (nSPS) is 19.5. The zero-order valence-corrected chi connectivity index (χ0v) is 20.0. The van der Waals surface area contributed by atoms with Crippen LogP contribution in [0.15, 0.2) is 24.3 Å². The molecule has 3 aliphatic rings. The van der Waals surface area contributed by atoms with E-state index in [9.17, 15) is 0 Å². The minimum Gasteiger partial charge on any atom is -0.395 e. The van der Waals surface area contributed by atoms with Crippen LogP contribution in [0.25, 0.3) is 11.4 Å². The number of aryl methyl sites for hydroxylation is 1. The lowest BCUT2D eigenvalue weighted by atomic mass is 10.1. The van der Waals surface area contributed by atoms with Crippen molar-refractivity contribution in [3.63, 3.8) is 0 Å². The van der Waals surface area contributed by atoms with Gasteiger partial charge in [0, 0.05) is 68.3 Å². The summed E-state index contributed by atoms with van der Waals surface area (Å²) in [5.41, 5.74) is 4.80. The maximum Gasteiger partial charge on any atom is 0.161 e. The SMILES string of the molecule is Cc1nc(-c2ccc(N3CCN(CCO)CC3)cc2)nc2c1CCN2CCCN1CCCC1. The summed E-state index contributed by atoms with van der Waals surface area (Å²) in [7, 11) is 0. The van der Waals surface area contributed by atoms with E-state index in [0.717, 1.165) is 75.1 Å². The van der Waals surface area contributed by atoms with Gasteiger partial charge in [-0.1, -0.05) is 0 Å². The maximum absolute atomic E-state index is 9.15. The Labute approximate surface area is 198 Å². The van der Waals surface area contributed by atoms with E-state index in [1.165, 1.54) is 50.1 Å². The minimum absolute atomic E-state index is 0.241. The van der Waals surface area contributed by atoms with Crippen LogP contribution in [-0.4, -0.2) is 96.9 Å². The topological polar surface area (TPSA) is 59.0 Å². The number of aliphatic hydroxyl groups is 1. The van der Waals surface area contributed by atoms with Crippen LogP contribution in [-0.2, 0) is 6.42 Å². The predicted octanol–water partition coefficient (Wildman–Crippen LogP) is 2.41. The van der Waals surface area contributed by atoms with Gasteiger partial charge in [-0.3, -0.25) is 4.90 Å². The molecule has 5 rings (SSSR count). The molecule has 1 aromatic carbocycles. The molecule has 2 aromatic rings. The van der Waals surface area contributed by atoms with Crippen LogP contribution in [0.3, 0.4) is 0 Å². The Morgan fingerprint density at radius 2 is 1.55 bits per heavy atom. The van der Waals surface area contributed by atoms with Crippen molar-refractivity contribution in [3.8, 4) is 11.4 Å². The highest BCUT2D eigenvalue weighted by Crippen LogP contribution is 2.31. The third-order valence-electron chi connectivity index (χ3n) is 7.50. The van der Waals surface area contributed by atoms with Gasteiger partial charge in [0.15, 0.2) is 5.82 Å². The van der Waals surface area contributed by atoms with Crippen molar-refractivity contribution in [3.05, 3.63) is 35.5 Å². The number of aliphatic hydroxyl groups excluding tert-OH is 1. The summed E-state index contributed by atoms with van der Waals surface area (Å²) in [6, 6.07) is 8.75. The van der Waals surface area contributed by atoms with E-state index in [1.54, 1.807) is 0 Å². The fraction of sp³-hybridized carbons (Fsp3) is 0.615. The molecule has 0 spiro atoms. The van der Waals surface area contributed by atoms with Crippen LogP contribution >= 0.6 is 0 Å². The first-order chi connectivity index (χ1) is 16.2. The summed E-state index contributed by atoms with van der Waals surface area (Å²) in [5, 5.41) is 9.15. The molecule has 4 heterocycles. The molecule has 3 aliphatic heterocycles. The third kappa shape index (κ3) is 5.15. The Morgan fingerprint density at radius 3 is 2.27 bits per heavy atom. The summed E-state index contributed by atoms with van der Waals surface area (Å²) in [4.78, 5) is 19.7. The molecule has 0 bridgehead atoms. The molecule has 2 fully saturated rings. The molecular weight excluding hydrogens is 412 g/mol. The smallest absolute Gasteiger partial charge is 0.161 e. The Kier molecular flexibility index (Phi) is 7.09. The first-order valence-corrected chi connectivity index (χ1v) is 12.7. The maximum atomic E-state index is 9.15. The van der Waals surface area contributed by atoms with Gasteiger partial charge in [0.25, 0.3) is 0 Å². The summed E-state index contributed by atoms with van der Waals surface area (Å²) in [6.45, 7) is 13.1.